The molecule has 0 radical (unpaired) electrons. The Morgan fingerprint density at radius 3 is 2.67 bits per heavy atom. The van der Waals surface area contributed by atoms with Crippen molar-refractivity contribution in [1.82, 2.24) is 4.90 Å². The van der Waals surface area contributed by atoms with Crippen molar-refractivity contribution >= 4 is 23.6 Å². The van der Waals surface area contributed by atoms with Crippen LogP contribution in [0.3, 0.4) is 0 Å². The number of nitrogens with zero attached hydrogens (tertiary/aromatic N) is 1. The minimum atomic E-state index is -0.978. The molecule has 1 aliphatic rings. The van der Waals surface area contributed by atoms with Crippen molar-refractivity contribution < 1.29 is 14.7 Å². The van der Waals surface area contributed by atoms with Crippen LogP contribution in [0.2, 0.25) is 0 Å². The van der Waals surface area contributed by atoms with Gasteiger partial charge < -0.3 is 15.7 Å². The molecule has 1 aliphatic heterocycles. The number of aliphatic carboxylic acids is 1. The van der Waals surface area contributed by atoms with E-state index in [1.54, 1.807) is 24.3 Å². The molecule has 1 saturated heterocycles. The van der Waals surface area contributed by atoms with E-state index in [1.807, 2.05) is 6.07 Å². The van der Waals surface area contributed by atoms with Crippen LogP contribution >= 0.6 is 11.8 Å². The number of thioether (sulfide) groups is 1. The molecule has 1 amide bonds. The van der Waals surface area contributed by atoms with E-state index in [2.05, 4.69) is 0 Å². The summed E-state index contributed by atoms with van der Waals surface area (Å²) in [5.74, 6) is -0.508. The minimum absolute atomic E-state index is 0.335. The van der Waals surface area contributed by atoms with Crippen LogP contribution in [-0.2, 0) is 9.59 Å². The summed E-state index contributed by atoms with van der Waals surface area (Å²) < 4.78 is 0. The van der Waals surface area contributed by atoms with Crippen LogP contribution in [0.25, 0.3) is 0 Å². The zero-order valence-corrected chi connectivity index (χ0v) is 10.5. The molecule has 0 aromatic heterocycles. The molecule has 3 N–H and O–H groups in total. The summed E-state index contributed by atoms with van der Waals surface area (Å²) in [5, 5.41) is 9.04. The van der Waals surface area contributed by atoms with E-state index in [0.717, 1.165) is 0 Å². The summed E-state index contributed by atoms with van der Waals surface area (Å²) in [4.78, 5) is 24.6. The highest BCUT2D eigenvalue weighted by atomic mass is 32.2. The molecule has 1 fully saturated rings. The van der Waals surface area contributed by atoms with Crippen LogP contribution < -0.4 is 5.73 Å². The quantitative estimate of drug-likeness (QED) is 0.840. The minimum Gasteiger partial charge on any atom is -0.480 e. The summed E-state index contributed by atoms with van der Waals surface area (Å²) in [6.07, 6.45) is 0. The predicted molar refractivity (Wildman–Crippen MR) is 69.0 cm³/mol. The van der Waals surface area contributed by atoms with Gasteiger partial charge in [0.05, 0.1) is 5.88 Å². The molecule has 2 atom stereocenters. The number of nitrogens with two attached hydrogens (primary N) is 1. The van der Waals surface area contributed by atoms with Crippen LogP contribution in [0.1, 0.15) is 11.6 Å². The zero-order valence-electron chi connectivity index (χ0n) is 9.65. The largest absolute Gasteiger partial charge is 0.480 e. The maximum absolute atomic E-state index is 12.2. The molecular weight excluding hydrogens is 252 g/mol. The second kappa shape index (κ2) is 5.41. The Balaban J connectivity index is 2.14. The lowest BCUT2D eigenvalue weighted by atomic mass is 10.1. The second-order valence-corrected chi connectivity index (χ2v) is 5.05. The lowest BCUT2D eigenvalue weighted by Crippen LogP contribution is -2.45. The summed E-state index contributed by atoms with van der Waals surface area (Å²) in [6, 6.07) is 7.41. The van der Waals surface area contributed by atoms with Gasteiger partial charge in [-0.1, -0.05) is 30.3 Å². The van der Waals surface area contributed by atoms with Crippen LogP contribution in [0.15, 0.2) is 30.3 Å². The third-order valence-corrected chi connectivity index (χ3v) is 3.89. The van der Waals surface area contributed by atoms with Crippen LogP contribution in [0, 0.1) is 0 Å². The van der Waals surface area contributed by atoms with E-state index in [9.17, 15) is 9.59 Å². The van der Waals surface area contributed by atoms with Gasteiger partial charge in [-0.05, 0) is 5.56 Å². The number of carboxylic acid groups (broad SMARTS) is 1. The Kier molecular flexibility index (Phi) is 3.88. The molecule has 0 saturated carbocycles. The van der Waals surface area contributed by atoms with Crippen molar-refractivity contribution in [2.45, 2.75) is 12.1 Å². The summed E-state index contributed by atoms with van der Waals surface area (Å²) in [6.45, 7) is 0. The molecule has 6 heteroatoms. The second-order valence-electron chi connectivity index (χ2n) is 4.05. The van der Waals surface area contributed by atoms with Gasteiger partial charge in [-0.3, -0.25) is 4.79 Å². The Morgan fingerprint density at radius 2 is 2.06 bits per heavy atom. The first-order valence-corrected chi connectivity index (χ1v) is 6.68. The maximum atomic E-state index is 12.2. The molecule has 18 heavy (non-hydrogen) atoms. The van der Waals surface area contributed by atoms with Crippen molar-refractivity contribution in [1.29, 1.82) is 0 Å². The van der Waals surface area contributed by atoms with Crippen LogP contribution in [0.5, 0.6) is 0 Å². The molecule has 96 valence electrons. The fourth-order valence-corrected chi connectivity index (χ4v) is 3.00. The lowest BCUT2D eigenvalue weighted by Gasteiger charge is -2.24. The van der Waals surface area contributed by atoms with E-state index in [4.69, 9.17) is 10.8 Å². The first-order chi connectivity index (χ1) is 8.61. The van der Waals surface area contributed by atoms with E-state index < -0.39 is 18.1 Å². The SMILES string of the molecule is N[C@@H](C(=O)N1CSCC1C(=O)O)c1ccccc1. The van der Waals surface area contributed by atoms with Crippen LogP contribution in [0.4, 0.5) is 0 Å². The standard InChI is InChI=1S/C12H14N2O3S/c13-10(8-4-2-1-3-5-8)11(15)14-7-18-6-9(14)12(16)17/h1-5,9-10H,6-7,13H2,(H,16,17)/t9?,10-/m1/s1. The van der Waals surface area contributed by atoms with Gasteiger partial charge >= 0.3 is 5.97 Å². The predicted octanol–water partition coefficient (Wildman–Crippen LogP) is 0.672. The molecule has 0 aliphatic carbocycles. The number of carbonyl (C=O) groups is 2. The first-order valence-electron chi connectivity index (χ1n) is 5.53. The molecule has 0 bridgehead atoms. The Labute approximate surface area is 109 Å². The Bertz CT molecular complexity index is 452. The third-order valence-electron chi connectivity index (χ3n) is 2.88. The monoisotopic (exact) mass is 266 g/mol. The molecule has 1 aromatic carbocycles. The van der Waals surface area contributed by atoms with Gasteiger partial charge in [0.15, 0.2) is 0 Å². The molecule has 0 spiro atoms. The number of carbonyl (C=O) groups excluding carboxylic acids is 1. The average Bonchev–Trinajstić information content (AvgIpc) is 2.87. The van der Waals surface area contributed by atoms with Gasteiger partial charge in [-0.15, -0.1) is 11.8 Å². The van der Waals surface area contributed by atoms with E-state index >= 15 is 0 Å². The van der Waals surface area contributed by atoms with E-state index in [0.29, 0.717) is 17.2 Å². The average molecular weight is 266 g/mol. The van der Waals surface area contributed by atoms with Gasteiger partial charge in [-0.2, -0.15) is 0 Å². The highest BCUT2D eigenvalue weighted by Gasteiger charge is 2.36. The normalized spacial score (nSPS) is 20.7. The Hall–Kier alpha value is -1.53. The highest BCUT2D eigenvalue weighted by Crippen LogP contribution is 2.24. The molecule has 1 aromatic rings. The van der Waals surface area contributed by atoms with Crippen molar-refractivity contribution in [3.63, 3.8) is 0 Å². The first kappa shape index (κ1) is 12.9. The fourth-order valence-electron chi connectivity index (χ4n) is 1.85. The fraction of sp³-hybridized carbons (Fsp3) is 0.333. The number of benzene rings is 1. The summed E-state index contributed by atoms with van der Waals surface area (Å²) in [5.41, 5.74) is 6.59. The van der Waals surface area contributed by atoms with Crippen LogP contribution in [-0.4, -0.2) is 39.6 Å². The highest BCUT2D eigenvalue weighted by molar-refractivity contribution is 7.99. The lowest BCUT2D eigenvalue weighted by molar-refractivity contribution is -0.148. The van der Waals surface area contributed by atoms with Crippen molar-refractivity contribution in [3.8, 4) is 0 Å². The van der Waals surface area contributed by atoms with E-state index in [-0.39, 0.29) is 5.91 Å². The number of hydrogen-bond donors (Lipinski definition) is 2. The van der Waals surface area contributed by atoms with Gasteiger partial charge in [0.25, 0.3) is 0 Å². The Morgan fingerprint density at radius 1 is 1.39 bits per heavy atom. The zero-order chi connectivity index (χ0) is 13.1. The van der Waals surface area contributed by atoms with Gasteiger partial charge in [-0.25, -0.2) is 4.79 Å². The smallest absolute Gasteiger partial charge is 0.327 e. The van der Waals surface area contributed by atoms with Gasteiger partial charge in [0.1, 0.15) is 12.1 Å². The van der Waals surface area contributed by atoms with E-state index in [1.165, 1.54) is 16.7 Å². The third kappa shape index (κ3) is 2.49. The summed E-state index contributed by atoms with van der Waals surface area (Å²) in [7, 11) is 0. The van der Waals surface area contributed by atoms with Gasteiger partial charge in [0, 0.05) is 5.75 Å². The van der Waals surface area contributed by atoms with Gasteiger partial charge in [0.2, 0.25) is 5.91 Å². The topological polar surface area (TPSA) is 83.6 Å². The summed E-state index contributed by atoms with van der Waals surface area (Å²) >= 11 is 1.43. The number of hydrogen-bond acceptors (Lipinski definition) is 4. The number of rotatable bonds is 3. The molecule has 5 nitrogen and oxygen atoms in total. The van der Waals surface area contributed by atoms with Crippen molar-refractivity contribution in [2.24, 2.45) is 5.73 Å². The molecule has 1 unspecified atom stereocenters. The molecule has 1 heterocycles. The molecule has 2 rings (SSSR count). The number of carboxylic acids is 1. The molecular formula is C12H14N2O3S. The number of amides is 1. The maximum Gasteiger partial charge on any atom is 0.327 e. The van der Waals surface area contributed by atoms with Crippen molar-refractivity contribution in [2.75, 3.05) is 11.6 Å². The van der Waals surface area contributed by atoms with Crippen molar-refractivity contribution in [3.05, 3.63) is 35.9 Å².